The first-order valence-electron chi connectivity index (χ1n) is 12.0. The van der Waals surface area contributed by atoms with Gasteiger partial charge in [-0.05, 0) is 49.2 Å². The van der Waals surface area contributed by atoms with Crippen molar-refractivity contribution in [3.05, 3.63) is 68.1 Å². The smallest absolute Gasteiger partial charge is 0.314 e. The molecule has 1 saturated heterocycles. The highest BCUT2D eigenvalue weighted by Gasteiger charge is 2.27. The third kappa shape index (κ3) is 6.36. The molecule has 13 nitrogen and oxygen atoms in total. The average molecular weight is 522 g/mol. The molecule has 1 fully saturated rings. The van der Waals surface area contributed by atoms with E-state index in [0.29, 0.717) is 43.6 Å². The normalized spacial score (nSPS) is 13.9. The highest BCUT2D eigenvalue weighted by Crippen LogP contribution is 2.10. The molecule has 3 heterocycles. The van der Waals surface area contributed by atoms with Gasteiger partial charge in [-0.25, -0.2) is 0 Å². The number of rotatable bonds is 7. The first kappa shape index (κ1) is 26.4. The van der Waals surface area contributed by atoms with E-state index in [4.69, 9.17) is 10.2 Å². The van der Waals surface area contributed by atoms with Crippen LogP contribution < -0.4 is 32.8 Å². The number of H-pyrrole nitrogens is 2. The number of aromatic nitrogens is 2. The molecule has 1 aliphatic heterocycles. The Morgan fingerprint density at radius 2 is 1.76 bits per heavy atom. The van der Waals surface area contributed by atoms with Gasteiger partial charge < -0.3 is 41.0 Å². The third-order valence-corrected chi connectivity index (χ3v) is 5.85. The second-order valence-corrected chi connectivity index (χ2v) is 8.50. The van der Waals surface area contributed by atoms with E-state index in [9.17, 15) is 24.0 Å². The molecule has 0 spiro atoms. The highest BCUT2D eigenvalue weighted by atomic mass is 16.3. The Balaban J connectivity index is 1.32. The molecule has 3 amide bonds. The molecule has 38 heavy (non-hydrogen) atoms. The quantitative estimate of drug-likeness (QED) is 0.159. The minimum atomic E-state index is -0.812. The number of aromatic amines is 2. The van der Waals surface area contributed by atoms with Crippen molar-refractivity contribution >= 4 is 28.8 Å². The largest absolute Gasteiger partial charge is 0.443 e. The lowest BCUT2D eigenvalue weighted by molar-refractivity contribution is -0.133. The van der Waals surface area contributed by atoms with Crippen LogP contribution in [0.4, 0.5) is 0 Å². The molecule has 4 rings (SSSR count). The van der Waals surface area contributed by atoms with Gasteiger partial charge in [-0.2, -0.15) is 0 Å². The van der Waals surface area contributed by atoms with E-state index in [1.165, 1.54) is 30.3 Å². The van der Waals surface area contributed by atoms with Gasteiger partial charge in [0.1, 0.15) is 6.04 Å². The Bertz CT molecular complexity index is 1520. The van der Waals surface area contributed by atoms with Crippen molar-refractivity contribution in [1.29, 1.82) is 0 Å². The molecule has 0 aliphatic carbocycles. The SMILES string of the molecule is NCC[C@@H](NC(=O)c1ccc(C#CCNC(=O)c2ccc3[nH]c(=O)c(=O)[nH]c3c2)o1)C(=O)N1CCNCC1. The monoisotopic (exact) mass is 521 g/mol. The van der Waals surface area contributed by atoms with Crippen LogP contribution >= 0.6 is 0 Å². The van der Waals surface area contributed by atoms with Gasteiger partial charge in [0.15, 0.2) is 11.5 Å². The van der Waals surface area contributed by atoms with Crippen molar-refractivity contribution in [3.63, 3.8) is 0 Å². The standard InChI is InChI=1S/C25H27N7O6/c26-8-7-18(25(37)32-12-10-27-11-13-32)30-22(34)20-6-4-16(38-20)2-1-9-28-21(33)15-3-5-17-19(14-15)31-24(36)23(35)29-17/h3-6,14,18,27H,7-13,26H2,(H,28,33)(H,29,35)(H,30,34)(H,31,36)/t18-/m1/s1. The van der Waals surface area contributed by atoms with Gasteiger partial charge >= 0.3 is 11.1 Å². The maximum absolute atomic E-state index is 12.8. The maximum atomic E-state index is 12.8. The minimum Gasteiger partial charge on any atom is -0.443 e. The number of fused-ring (bicyclic) bond motifs is 1. The van der Waals surface area contributed by atoms with Crippen LogP contribution in [0.2, 0.25) is 0 Å². The fourth-order valence-electron chi connectivity index (χ4n) is 3.90. The molecule has 3 aromatic rings. The summed E-state index contributed by atoms with van der Waals surface area (Å²) in [7, 11) is 0. The molecular weight excluding hydrogens is 494 g/mol. The second-order valence-electron chi connectivity index (χ2n) is 8.50. The number of carbonyl (C=O) groups excluding carboxylic acids is 3. The Morgan fingerprint density at radius 3 is 2.50 bits per heavy atom. The van der Waals surface area contributed by atoms with Gasteiger partial charge in [0.05, 0.1) is 17.6 Å². The predicted octanol–water partition coefficient (Wildman–Crippen LogP) is -1.53. The molecule has 1 aliphatic rings. The zero-order valence-electron chi connectivity index (χ0n) is 20.4. The molecule has 0 bridgehead atoms. The summed E-state index contributed by atoms with van der Waals surface area (Å²) in [6, 6.07) is 6.67. The third-order valence-electron chi connectivity index (χ3n) is 5.85. The Hall–Kier alpha value is -4.67. The zero-order chi connectivity index (χ0) is 27.1. The number of piperazine rings is 1. The van der Waals surface area contributed by atoms with Crippen molar-refractivity contribution in [2.45, 2.75) is 12.5 Å². The second kappa shape index (κ2) is 12.0. The van der Waals surface area contributed by atoms with Crippen LogP contribution in [0.15, 0.2) is 44.3 Å². The number of hydrogen-bond donors (Lipinski definition) is 6. The fraction of sp³-hybridized carbons (Fsp3) is 0.320. The van der Waals surface area contributed by atoms with Crippen LogP contribution in [-0.2, 0) is 4.79 Å². The Kier molecular flexibility index (Phi) is 8.37. The number of benzene rings is 1. The summed E-state index contributed by atoms with van der Waals surface area (Å²) in [4.78, 5) is 67.3. The Morgan fingerprint density at radius 1 is 1.03 bits per heavy atom. The molecule has 2 aromatic heterocycles. The predicted molar refractivity (Wildman–Crippen MR) is 137 cm³/mol. The van der Waals surface area contributed by atoms with E-state index < -0.39 is 29.0 Å². The summed E-state index contributed by atoms with van der Waals surface area (Å²) in [5.74, 6) is 4.49. The Labute approximate surface area is 216 Å². The van der Waals surface area contributed by atoms with E-state index >= 15 is 0 Å². The lowest BCUT2D eigenvalue weighted by Crippen LogP contribution is -2.54. The van der Waals surface area contributed by atoms with Gasteiger partial charge in [0.25, 0.3) is 11.8 Å². The van der Waals surface area contributed by atoms with Gasteiger partial charge in [0.2, 0.25) is 5.91 Å². The molecular formula is C25H27N7O6. The molecule has 13 heteroatoms. The van der Waals surface area contributed by atoms with Crippen LogP contribution in [-0.4, -0.2) is 77.9 Å². The van der Waals surface area contributed by atoms with Crippen molar-refractivity contribution < 1.29 is 18.8 Å². The van der Waals surface area contributed by atoms with Gasteiger partial charge in [-0.3, -0.25) is 24.0 Å². The fourth-order valence-corrected chi connectivity index (χ4v) is 3.90. The van der Waals surface area contributed by atoms with E-state index in [1.807, 2.05) is 0 Å². The van der Waals surface area contributed by atoms with Gasteiger partial charge in [-0.1, -0.05) is 5.92 Å². The maximum Gasteiger partial charge on any atom is 0.314 e. The molecule has 0 saturated carbocycles. The number of nitrogens with one attached hydrogen (secondary N) is 5. The topological polar surface area (TPSA) is 195 Å². The van der Waals surface area contributed by atoms with E-state index in [-0.39, 0.29) is 36.1 Å². The van der Waals surface area contributed by atoms with Crippen molar-refractivity contribution in [2.75, 3.05) is 39.3 Å². The number of nitrogens with zero attached hydrogens (tertiary/aromatic N) is 1. The average Bonchev–Trinajstić information content (AvgIpc) is 3.40. The molecule has 1 atom stereocenters. The van der Waals surface area contributed by atoms with Crippen molar-refractivity contribution in [3.8, 4) is 11.8 Å². The molecule has 1 aromatic carbocycles. The van der Waals surface area contributed by atoms with Crippen molar-refractivity contribution in [2.24, 2.45) is 5.73 Å². The van der Waals surface area contributed by atoms with Crippen LogP contribution in [0.5, 0.6) is 0 Å². The highest BCUT2D eigenvalue weighted by molar-refractivity contribution is 5.97. The lowest BCUT2D eigenvalue weighted by atomic mass is 10.1. The first-order valence-corrected chi connectivity index (χ1v) is 12.0. The van der Waals surface area contributed by atoms with Crippen LogP contribution in [0, 0.1) is 11.8 Å². The first-order chi connectivity index (χ1) is 18.4. The molecule has 7 N–H and O–H groups in total. The minimum absolute atomic E-state index is 0.00309. The van der Waals surface area contributed by atoms with Gasteiger partial charge in [-0.15, -0.1) is 0 Å². The van der Waals surface area contributed by atoms with Crippen LogP contribution in [0.1, 0.15) is 33.1 Å². The van der Waals surface area contributed by atoms with E-state index in [0.717, 1.165) is 0 Å². The number of carbonyl (C=O) groups is 3. The van der Waals surface area contributed by atoms with E-state index in [1.54, 1.807) is 4.90 Å². The summed E-state index contributed by atoms with van der Waals surface area (Å²) in [6.07, 6.45) is 0.298. The number of amides is 3. The summed E-state index contributed by atoms with van der Waals surface area (Å²) >= 11 is 0. The van der Waals surface area contributed by atoms with Crippen LogP contribution in [0.3, 0.4) is 0 Å². The summed E-state index contributed by atoms with van der Waals surface area (Å²) in [5, 5.41) is 8.49. The van der Waals surface area contributed by atoms with E-state index in [2.05, 4.69) is 37.8 Å². The number of furan rings is 1. The van der Waals surface area contributed by atoms with Crippen molar-refractivity contribution in [1.82, 2.24) is 30.8 Å². The van der Waals surface area contributed by atoms with Gasteiger partial charge in [0, 0.05) is 31.7 Å². The molecule has 0 unspecified atom stereocenters. The lowest BCUT2D eigenvalue weighted by Gasteiger charge is -2.31. The summed E-state index contributed by atoms with van der Waals surface area (Å²) in [6.45, 7) is 2.74. The molecule has 198 valence electrons. The number of nitrogens with two attached hydrogens (primary N) is 1. The van der Waals surface area contributed by atoms with Crippen LogP contribution in [0.25, 0.3) is 11.0 Å². The molecule has 0 radical (unpaired) electrons. The number of hydrogen-bond acceptors (Lipinski definition) is 8. The summed E-state index contributed by atoms with van der Waals surface area (Å²) in [5.41, 5.74) is 5.04. The zero-order valence-corrected chi connectivity index (χ0v) is 20.4. The summed E-state index contributed by atoms with van der Waals surface area (Å²) < 4.78 is 5.48.